The molecule has 0 saturated carbocycles. The number of thiophene rings is 1. The van der Waals surface area contributed by atoms with Crippen LogP contribution in [0.15, 0.2) is 35.7 Å². The molecular weight excluding hydrogens is 240 g/mol. The van der Waals surface area contributed by atoms with Crippen LogP contribution in [-0.2, 0) is 24.9 Å². The number of aryl methyl sites for hydroxylation is 2. The van der Waals surface area contributed by atoms with Crippen LogP contribution in [0, 0.1) is 0 Å². The first-order chi connectivity index (χ1) is 8.65. The lowest BCUT2D eigenvalue weighted by Crippen LogP contribution is -2.22. The maximum atomic E-state index is 10.6. The molecule has 1 aromatic heterocycles. The van der Waals surface area contributed by atoms with Gasteiger partial charge in [-0.3, -0.25) is 0 Å². The van der Waals surface area contributed by atoms with Crippen LogP contribution < -0.4 is 0 Å². The second kappa shape index (κ2) is 4.52. The highest BCUT2D eigenvalue weighted by Gasteiger charge is 2.25. The third-order valence-corrected chi connectivity index (χ3v) is 4.89. The summed E-state index contributed by atoms with van der Waals surface area (Å²) in [5.41, 5.74) is 3.47. The van der Waals surface area contributed by atoms with Crippen molar-refractivity contribution in [2.75, 3.05) is 0 Å². The average molecular weight is 258 g/mol. The van der Waals surface area contributed by atoms with Crippen molar-refractivity contribution in [2.45, 2.75) is 38.2 Å². The predicted octanol–water partition coefficient (Wildman–Crippen LogP) is 3.69. The first-order valence-electron chi connectivity index (χ1n) is 6.52. The van der Waals surface area contributed by atoms with Crippen molar-refractivity contribution in [3.05, 3.63) is 57.3 Å². The zero-order valence-corrected chi connectivity index (χ0v) is 11.5. The molecule has 0 aliphatic heterocycles. The summed E-state index contributed by atoms with van der Waals surface area (Å²) < 4.78 is 0. The highest BCUT2D eigenvalue weighted by Crippen LogP contribution is 2.30. The van der Waals surface area contributed by atoms with E-state index in [-0.39, 0.29) is 0 Å². The smallest absolute Gasteiger partial charge is 0.0999 e. The van der Waals surface area contributed by atoms with Gasteiger partial charge < -0.3 is 5.11 Å². The fourth-order valence-corrected chi connectivity index (χ4v) is 3.59. The van der Waals surface area contributed by atoms with Crippen LogP contribution in [0.1, 0.15) is 34.9 Å². The molecule has 2 aromatic rings. The Balaban J connectivity index is 1.84. The molecule has 1 N–H and O–H groups in total. The molecular formula is C16H18OS. The summed E-state index contributed by atoms with van der Waals surface area (Å²) in [7, 11) is 0. The summed E-state index contributed by atoms with van der Waals surface area (Å²) in [6, 6.07) is 10.7. The molecule has 0 radical (unpaired) electrons. The number of hydrogen-bond donors (Lipinski definition) is 1. The Hall–Kier alpha value is -1.12. The van der Waals surface area contributed by atoms with Crippen LogP contribution in [0.5, 0.6) is 0 Å². The number of fused-ring (bicyclic) bond motifs is 1. The maximum Gasteiger partial charge on any atom is 0.0999 e. The van der Waals surface area contributed by atoms with Gasteiger partial charge in [0.2, 0.25) is 0 Å². The van der Waals surface area contributed by atoms with Crippen LogP contribution in [0.2, 0.25) is 0 Å². The second-order valence-corrected chi connectivity index (χ2v) is 6.33. The predicted molar refractivity (Wildman–Crippen MR) is 76.1 cm³/mol. The number of hydrogen-bond acceptors (Lipinski definition) is 2. The molecule has 0 bridgehead atoms. The van der Waals surface area contributed by atoms with Crippen molar-refractivity contribution < 1.29 is 5.11 Å². The van der Waals surface area contributed by atoms with Gasteiger partial charge in [-0.15, -0.1) is 11.3 Å². The molecule has 18 heavy (non-hydrogen) atoms. The van der Waals surface area contributed by atoms with Crippen LogP contribution >= 0.6 is 11.3 Å². The SMILES string of the molecule is CC(O)(Cc1ccc2c(c1)CCC2)c1cccs1. The average Bonchev–Trinajstić information content (AvgIpc) is 2.99. The topological polar surface area (TPSA) is 20.2 Å². The van der Waals surface area contributed by atoms with Gasteiger partial charge in [0.25, 0.3) is 0 Å². The molecule has 0 spiro atoms. The van der Waals surface area contributed by atoms with E-state index in [0.29, 0.717) is 6.42 Å². The Kier molecular flexibility index (Phi) is 3.00. The van der Waals surface area contributed by atoms with Gasteiger partial charge in [0, 0.05) is 11.3 Å². The molecule has 2 heteroatoms. The van der Waals surface area contributed by atoms with Crippen molar-refractivity contribution in [2.24, 2.45) is 0 Å². The van der Waals surface area contributed by atoms with Gasteiger partial charge >= 0.3 is 0 Å². The van der Waals surface area contributed by atoms with Crippen LogP contribution in [-0.4, -0.2) is 5.11 Å². The van der Waals surface area contributed by atoms with E-state index < -0.39 is 5.60 Å². The molecule has 1 aliphatic rings. The Labute approximate surface area is 112 Å². The third kappa shape index (κ3) is 2.23. The van der Waals surface area contributed by atoms with Crippen molar-refractivity contribution in [3.8, 4) is 0 Å². The Morgan fingerprint density at radius 2 is 2.06 bits per heavy atom. The number of benzene rings is 1. The van der Waals surface area contributed by atoms with E-state index in [0.717, 1.165) is 4.88 Å². The lowest BCUT2D eigenvalue weighted by molar-refractivity contribution is 0.0615. The van der Waals surface area contributed by atoms with Crippen LogP contribution in [0.3, 0.4) is 0 Å². The van der Waals surface area contributed by atoms with E-state index in [1.807, 2.05) is 24.4 Å². The van der Waals surface area contributed by atoms with E-state index >= 15 is 0 Å². The van der Waals surface area contributed by atoms with Crippen molar-refractivity contribution in [3.63, 3.8) is 0 Å². The van der Waals surface area contributed by atoms with Gasteiger partial charge in [-0.2, -0.15) is 0 Å². The Morgan fingerprint density at radius 3 is 2.83 bits per heavy atom. The number of aliphatic hydroxyl groups is 1. The maximum absolute atomic E-state index is 10.6. The van der Waals surface area contributed by atoms with Crippen LogP contribution in [0.25, 0.3) is 0 Å². The summed E-state index contributed by atoms with van der Waals surface area (Å²) in [5, 5.41) is 12.6. The summed E-state index contributed by atoms with van der Waals surface area (Å²) in [4.78, 5) is 1.04. The van der Waals surface area contributed by atoms with Crippen molar-refractivity contribution >= 4 is 11.3 Å². The fraction of sp³-hybridized carbons (Fsp3) is 0.375. The molecule has 0 fully saturated rings. The fourth-order valence-electron chi connectivity index (χ4n) is 2.80. The highest BCUT2D eigenvalue weighted by atomic mass is 32.1. The summed E-state index contributed by atoms with van der Waals surface area (Å²) in [6.45, 7) is 1.91. The van der Waals surface area contributed by atoms with Crippen LogP contribution in [0.4, 0.5) is 0 Å². The minimum atomic E-state index is -0.749. The Morgan fingerprint density at radius 1 is 1.22 bits per heavy atom. The van der Waals surface area contributed by atoms with E-state index in [4.69, 9.17) is 0 Å². The van der Waals surface area contributed by atoms with Gasteiger partial charge in [-0.25, -0.2) is 0 Å². The highest BCUT2D eigenvalue weighted by molar-refractivity contribution is 7.10. The first kappa shape index (κ1) is 11.9. The molecule has 0 amide bonds. The molecule has 1 unspecified atom stereocenters. The molecule has 1 aromatic carbocycles. The normalized spacial score (nSPS) is 17.4. The van der Waals surface area contributed by atoms with E-state index in [9.17, 15) is 5.11 Å². The molecule has 94 valence electrons. The largest absolute Gasteiger partial charge is 0.384 e. The minimum absolute atomic E-state index is 0.695. The van der Waals surface area contributed by atoms with E-state index in [2.05, 4.69) is 18.2 Å². The summed E-state index contributed by atoms with van der Waals surface area (Å²) in [5.74, 6) is 0. The molecule has 1 heterocycles. The van der Waals surface area contributed by atoms with Gasteiger partial charge in [0.1, 0.15) is 0 Å². The van der Waals surface area contributed by atoms with Crippen molar-refractivity contribution in [1.29, 1.82) is 0 Å². The van der Waals surface area contributed by atoms with Gasteiger partial charge in [-0.05, 0) is 54.3 Å². The molecule has 1 aliphatic carbocycles. The molecule has 3 rings (SSSR count). The third-order valence-electron chi connectivity index (χ3n) is 3.76. The minimum Gasteiger partial charge on any atom is -0.384 e. The quantitative estimate of drug-likeness (QED) is 0.890. The van der Waals surface area contributed by atoms with E-state index in [1.54, 1.807) is 11.3 Å². The second-order valence-electron chi connectivity index (χ2n) is 5.38. The first-order valence-corrected chi connectivity index (χ1v) is 7.40. The summed E-state index contributed by atoms with van der Waals surface area (Å²) >= 11 is 1.62. The Bertz CT molecular complexity index is 540. The van der Waals surface area contributed by atoms with Gasteiger partial charge in [-0.1, -0.05) is 24.3 Å². The molecule has 1 nitrogen and oxygen atoms in total. The zero-order valence-electron chi connectivity index (χ0n) is 10.6. The van der Waals surface area contributed by atoms with Gasteiger partial charge in [0.15, 0.2) is 0 Å². The standard InChI is InChI=1S/C16H18OS/c1-16(17,15-6-3-9-18-15)11-12-7-8-13-4-2-5-14(13)10-12/h3,6-10,17H,2,4-5,11H2,1H3. The lowest BCUT2D eigenvalue weighted by Gasteiger charge is -2.22. The van der Waals surface area contributed by atoms with E-state index in [1.165, 1.54) is 36.0 Å². The monoisotopic (exact) mass is 258 g/mol. The molecule has 0 saturated heterocycles. The van der Waals surface area contributed by atoms with Crippen molar-refractivity contribution in [1.82, 2.24) is 0 Å². The lowest BCUT2D eigenvalue weighted by atomic mass is 9.93. The number of rotatable bonds is 3. The zero-order chi connectivity index (χ0) is 12.6. The molecule has 1 atom stereocenters. The summed E-state index contributed by atoms with van der Waals surface area (Å²) in [6.07, 6.45) is 4.39. The van der Waals surface area contributed by atoms with Gasteiger partial charge in [0.05, 0.1) is 5.60 Å².